The third-order valence-electron chi connectivity index (χ3n) is 3.03. The van der Waals surface area contributed by atoms with E-state index in [4.69, 9.17) is 0 Å². The standard InChI is InChI=1S/C11H22N2O3S/c1-3-4-6-12-10(14)8-13-11(2)5-7-17(15,16)9-11/h13H,3-9H2,1-2H3,(H,12,14). The maximum Gasteiger partial charge on any atom is 0.233 e. The number of sulfone groups is 1. The third kappa shape index (κ3) is 5.04. The molecule has 0 saturated carbocycles. The first-order chi connectivity index (χ1) is 7.87. The Morgan fingerprint density at radius 1 is 1.41 bits per heavy atom. The van der Waals surface area contributed by atoms with Gasteiger partial charge in [0.25, 0.3) is 0 Å². The van der Waals surface area contributed by atoms with Crippen LogP contribution in [-0.4, -0.2) is 44.5 Å². The number of nitrogens with one attached hydrogen (secondary N) is 2. The number of carbonyl (C=O) groups is 1. The van der Waals surface area contributed by atoms with Crippen molar-refractivity contribution >= 4 is 15.7 Å². The molecular weight excluding hydrogens is 240 g/mol. The van der Waals surface area contributed by atoms with Crippen molar-refractivity contribution in [3.05, 3.63) is 0 Å². The van der Waals surface area contributed by atoms with Gasteiger partial charge in [0, 0.05) is 12.1 Å². The molecule has 1 amide bonds. The molecule has 1 rings (SSSR count). The van der Waals surface area contributed by atoms with Gasteiger partial charge in [-0.2, -0.15) is 0 Å². The van der Waals surface area contributed by atoms with Gasteiger partial charge in [-0.3, -0.25) is 4.79 Å². The molecule has 2 N–H and O–H groups in total. The van der Waals surface area contributed by atoms with E-state index >= 15 is 0 Å². The molecule has 100 valence electrons. The highest BCUT2D eigenvalue weighted by atomic mass is 32.2. The molecule has 0 aliphatic carbocycles. The summed E-state index contributed by atoms with van der Waals surface area (Å²) in [5.74, 6) is 0.278. The van der Waals surface area contributed by atoms with Gasteiger partial charge < -0.3 is 10.6 Å². The van der Waals surface area contributed by atoms with E-state index in [0.717, 1.165) is 12.8 Å². The van der Waals surface area contributed by atoms with E-state index in [-0.39, 0.29) is 24.0 Å². The first kappa shape index (κ1) is 14.4. The second kappa shape index (κ2) is 5.82. The largest absolute Gasteiger partial charge is 0.355 e. The number of rotatable bonds is 6. The Labute approximate surface area is 103 Å². The molecule has 1 aliphatic heterocycles. The van der Waals surface area contributed by atoms with Crippen molar-refractivity contribution in [2.24, 2.45) is 0 Å². The van der Waals surface area contributed by atoms with Crippen LogP contribution in [0, 0.1) is 0 Å². The normalized spacial score (nSPS) is 26.9. The molecule has 1 saturated heterocycles. The summed E-state index contributed by atoms with van der Waals surface area (Å²) in [7, 11) is -2.92. The van der Waals surface area contributed by atoms with Crippen LogP contribution in [0.4, 0.5) is 0 Å². The highest BCUT2D eigenvalue weighted by Crippen LogP contribution is 2.22. The summed E-state index contributed by atoms with van der Waals surface area (Å²) in [5, 5.41) is 5.84. The first-order valence-corrected chi connectivity index (χ1v) is 7.91. The highest BCUT2D eigenvalue weighted by molar-refractivity contribution is 7.91. The zero-order chi connectivity index (χ0) is 12.9. The van der Waals surface area contributed by atoms with E-state index in [0.29, 0.717) is 13.0 Å². The van der Waals surface area contributed by atoms with Crippen LogP contribution < -0.4 is 10.6 Å². The van der Waals surface area contributed by atoms with Crippen LogP contribution in [0.3, 0.4) is 0 Å². The molecule has 1 aliphatic rings. The fraction of sp³-hybridized carbons (Fsp3) is 0.909. The summed E-state index contributed by atoms with van der Waals surface area (Å²) in [6.07, 6.45) is 2.60. The zero-order valence-electron chi connectivity index (χ0n) is 10.6. The van der Waals surface area contributed by atoms with Crippen LogP contribution in [-0.2, 0) is 14.6 Å². The molecule has 1 unspecified atom stereocenters. The quantitative estimate of drug-likeness (QED) is 0.664. The first-order valence-electron chi connectivity index (χ1n) is 6.09. The van der Waals surface area contributed by atoms with Gasteiger partial charge in [0.1, 0.15) is 0 Å². The Morgan fingerprint density at radius 2 is 2.12 bits per heavy atom. The SMILES string of the molecule is CCCCNC(=O)CNC1(C)CCS(=O)(=O)C1. The van der Waals surface area contributed by atoms with Crippen LogP contribution >= 0.6 is 0 Å². The summed E-state index contributed by atoms with van der Waals surface area (Å²) in [5.41, 5.74) is -0.444. The predicted molar refractivity (Wildman–Crippen MR) is 67.6 cm³/mol. The molecular formula is C11H22N2O3S. The van der Waals surface area contributed by atoms with E-state index in [1.807, 2.05) is 6.92 Å². The molecule has 1 fully saturated rings. The molecule has 17 heavy (non-hydrogen) atoms. The monoisotopic (exact) mass is 262 g/mol. The van der Waals surface area contributed by atoms with Crippen molar-refractivity contribution in [3.63, 3.8) is 0 Å². The van der Waals surface area contributed by atoms with Crippen molar-refractivity contribution in [2.45, 2.75) is 38.6 Å². The maximum atomic E-state index is 11.5. The Kier molecular flexibility index (Phi) is 4.94. The summed E-state index contributed by atoms with van der Waals surface area (Å²) in [6, 6.07) is 0. The maximum absolute atomic E-state index is 11.5. The minimum Gasteiger partial charge on any atom is -0.355 e. The lowest BCUT2D eigenvalue weighted by Crippen LogP contribution is -2.48. The molecule has 6 heteroatoms. The van der Waals surface area contributed by atoms with Crippen molar-refractivity contribution < 1.29 is 13.2 Å². The van der Waals surface area contributed by atoms with E-state index < -0.39 is 15.4 Å². The number of hydrogen-bond donors (Lipinski definition) is 2. The van der Waals surface area contributed by atoms with Crippen LogP contribution in [0.5, 0.6) is 0 Å². The Morgan fingerprint density at radius 3 is 2.65 bits per heavy atom. The molecule has 0 aromatic carbocycles. The number of hydrogen-bond acceptors (Lipinski definition) is 4. The third-order valence-corrected chi connectivity index (χ3v) is 4.93. The summed E-state index contributed by atoms with van der Waals surface area (Å²) in [4.78, 5) is 11.5. The van der Waals surface area contributed by atoms with Crippen molar-refractivity contribution in [1.29, 1.82) is 0 Å². The van der Waals surface area contributed by atoms with Gasteiger partial charge in [-0.05, 0) is 19.8 Å². The van der Waals surface area contributed by atoms with Crippen molar-refractivity contribution in [1.82, 2.24) is 10.6 Å². The molecule has 0 spiro atoms. The lowest BCUT2D eigenvalue weighted by Gasteiger charge is -2.23. The second-order valence-electron chi connectivity index (χ2n) is 4.96. The molecule has 0 radical (unpaired) electrons. The van der Waals surface area contributed by atoms with E-state index in [9.17, 15) is 13.2 Å². The minimum atomic E-state index is -2.92. The van der Waals surface area contributed by atoms with Gasteiger partial charge >= 0.3 is 0 Å². The minimum absolute atomic E-state index is 0.0658. The lowest BCUT2D eigenvalue weighted by molar-refractivity contribution is -0.120. The summed E-state index contributed by atoms with van der Waals surface area (Å²) in [6.45, 7) is 4.80. The summed E-state index contributed by atoms with van der Waals surface area (Å²) >= 11 is 0. The number of carbonyl (C=O) groups excluding carboxylic acids is 1. The highest BCUT2D eigenvalue weighted by Gasteiger charge is 2.38. The fourth-order valence-electron chi connectivity index (χ4n) is 1.91. The topological polar surface area (TPSA) is 75.3 Å². The Balaban J connectivity index is 2.29. The predicted octanol–water partition coefficient (Wildman–Crippen LogP) is 0.0695. The van der Waals surface area contributed by atoms with E-state index in [1.54, 1.807) is 0 Å². The molecule has 0 aromatic heterocycles. The number of amides is 1. The molecule has 0 bridgehead atoms. The van der Waals surface area contributed by atoms with E-state index in [1.165, 1.54) is 0 Å². The van der Waals surface area contributed by atoms with Crippen LogP contribution in [0.15, 0.2) is 0 Å². The average molecular weight is 262 g/mol. The van der Waals surface area contributed by atoms with Gasteiger partial charge in [-0.15, -0.1) is 0 Å². The molecule has 5 nitrogen and oxygen atoms in total. The van der Waals surface area contributed by atoms with Gasteiger partial charge in [-0.25, -0.2) is 8.42 Å². The van der Waals surface area contributed by atoms with Crippen molar-refractivity contribution in [2.75, 3.05) is 24.6 Å². The molecule has 1 atom stereocenters. The van der Waals surface area contributed by atoms with Gasteiger partial charge in [0.2, 0.25) is 5.91 Å². The number of unbranched alkanes of at least 4 members (excludes halogenated alkanes) is 1. The average Bonchev–Trinajstić information content (AvgIpc) is 2.52. The Bertz CT molecular complexity index is 367. The smallest absolute Gasteiger partial charge is 0.233 e. The van der Waals surface area contributed by atoms with Gasteiger partial charge in [0.05, 0.1) is 18.1 Å². The second-order valence-corrected chi connectivity index (χ2v) is 7.14. The van der Waals surface area contributed by atoms with Crippen LogP contribution in [0.2, 0.25) is 0 Å². The lowest BCUT2D eigenvalue weighted by atomic mass is 10.0. The van der Waals surface area contributed by atoms with E-state index in [2.05, 4.69) is 17.6 Å². The fourth-order valence-corrected chi connectivity index (χ4v) is 4.03. The van der Waals surface area contributed by atoms with Crippen molar-refractivity contribution in [3.8, 4) is 0 Å². The van der Waals surface area contributed by atoms with Crippen LogP contribution in [0.25, 0.3) is 0 Å². The summed E-state index contributed by atoms with van der Waals surface area (Å²) < 4.78 is 22.7. The van der Waals surface area contributed by atoms with Gasteiger partial charge in [0.15, 0.2) is 9.84 Å². The Hall–Kier alpha value is -0.620. The van der Waals surface area contributed by atoms with Crippen LogP contribution in [0.1, 0.15) is 33.1 Å². The molecule has 1 heterocycles. The molecule has 0 aromatic rings. The zero-order valence-corrected chi connectivity index (χ0v) is 11.4. The van der Waals surface area contributed by atoms with Gasteiger partial charge in [-0.1, -0.05) is 13.3 Å².